The number of carbonyl (C=O) groups is 1. The van der Waals surface area contributed by atoms with Gasteiger partial charge in [-0.1, -0.05) is 30.3 Å². The van der Waals surface area contributed by atoms with Gasteiger partial charge in [-0.2, -0.15) is 0 Å². The standard InChI is InChI=1S/C24H29N3O2/c1-4-26(5-2)21-13-14-23(19(3)16-21)25-24(28)29-18-22-12-9-15-27(22)17-20-10-7-6-8-11-20/h6-16H,4-5,17-18H2,1-3H3,(H,25,28). The summed E-state index contributed by atoms with van der Waals surface area (Å²) in [5.74, 6) is 0. The first-order valence-electron chi connectivity index (χ1n) is 10.1. The lowest BCUT2D eigenvalue weighted by atomic mass is 10.1. The molecule has 0 fully saturated rings. The highest BCUT2D eigenvalue weighted by Crippen LogP contribution is 2.23. The number of benzene rings is 2. The minimum absolute atomic E-state index is 0.224. The highest BCUT2D eigenvalue weighted by molar-refractivity contribution is 5.86. The quantitative estimate of drug-likeness (QED) is 0.556. The van der Waals surface area contributed by atoms with E-state index in [4.69, 9.17) is 4.74 Å². The lowest BCUT2D eigenvalue weighted by molar-refractivity contribution is 0.152. The molecule has 0 aliphatic carbocycles. The van der Waals surface area contributed by atoms with Gasteiger partial charge in [0.15, 0.2) is 0 Å². The highest BCUT2D eigenvalue weighted by Gasteiger charge is 2.10. The van der Waals surface area contributed by atoms with E-state index in [1.807, 2.05) is 55.6 Å². The lowest BCUT2D eigenvalue weighted by Gasteiger charge is -2.22. The first-order chi connectivity index (χ1) is 14.1. The Morgan fingerprint density at radius 2 is 1.79 bits per heavy atom. The molecule has 1 aromatic heterocycles. The van der Waals surface area contributed by atoms with Crippen LogP contribution >= 0.6 is 0 Å². The monoisotopic (exact) mass is 391 g/mol. The highest BCUT2D eigenvalue weighted by atomic mass is 16.5. The van der Waals surface area contributed by atoms with Gasteiger partial charge >= 0.3 is 6.09 Å². The summed E-state index contributed by atoms with van der Waals surface area (Å²) in [5, 5.41) is 2.86. The van der Waals surface area contributed by atoms with Crippen LogP contribution in [0.25, 0.3) is 0 Å². The molecule has 0 spiro atoms. The largest absolute Gasteiger partial charge is 0.443 e. The topological polar surface area (TPSA) is 46.5 Å². The number of ether oxygens (including phenoxy) is 1. The molecule has 3 rings (SSSR count). The van der Waals surface area contributed by atoms with E-state index < -0.39 is 6.09 Å². The normalized spacial score (nSPS) is 10.6. The minimum atomic E-state index is -0.448. The van der Waals surface area contributed by atoms with E-state index in [9.17, 15) is 4.79 Å². The summed E-state index contributed by atoms with van der Waals surface area (Å²) in [4.78, 5) is 14.6. The molecule has 0 radical (unpaired) electrons. The van der Waals surface area contributed by atoms with Gasteiger partial charge in [0.2, 0.25) is 0 Å². The number of anilines is 2. The van der Waals surface area contributed by atoms with E-state index in [1.165, 1.54) is 5.56 Å². The number of amides is 1. The molecular formula is C24H29N3O2. The summed E-state index contributed by atoms with van der Waals surface area (Å²) in [6.07, 6.45) is 1.55. The number of carbonyl (C=O) groups excluding carboxylic acids is 1. The fourth-order valence-corrected chi connectivity index (χ4v) is 3.37. The van der Waals surface area contributed by atoms with Crippen molar-refractivity contribution in [2.75, 3.05) is 23.3 Å². The number of aromatic nitrogens is 1. The fourth-order valence-electron chi connectivity index (χ4n) is 3.37. The van der Waals surface area contributed by atoms with Crippen molar-refractivity contribution in [2.45, 2.75) is 33.9 Å². The average Bonchev–Trinajstić information content (AvgIpc) is 3.17. The Bertz CT molecular complexity index is 930. The zero-order chi connectivity index (χ0) is 20.6. The summed E-state index contributed by atoms with van der Waals surface area (Å²) in [5.41, 5.74) is 5.10. The molecule has 0 aliphatic rings. The first-order valence-corrected chi connectivity index (χ1v) is 10.1. The molecule has 0 saturated heterocycles. The molecule has 5 heteroatoms. The van der Waals surface area contributed by atoms with Crippen molar-refractivity contribution in [1.82, 2.24) is 4.57 Å². The van der Waals surface area contributed by atoms with Crippen LogP contribution in [-0.2, 0) is 17.9 Å². The minimum Gasteiger partial charge on any atom is -0.443 e. The third-order valence-corrected chi connectivity index (χ3v) is 5.05. The van der Waals surface area contributed by atoms with Gasteiger partial charge in [-0.05, 0) is 62.2 Å². The van der Waals surface area contributed by atoms with Gasteiger partial charge in [0.05, 0.1) is 5.69 Å². The van der Waals surface area contributed by atoms with Gasteiger partial charge in [0, 0.05) is 37.2 Å². The summed E-state index contributed by atoms with van der Waals surface area (Å²) in [6.45, 7) is 9.14. The number of rotatable bonds is 8. The van der Waals surface area contributed by atoms with Crippen LogP contribution in [0.2, 0.25) is 0 Å². The van der Waals surface area contributed by atoms with Crippen LogP contribution in [0.15, 0.2) is 66.9 Å². The van der Waals surface area contributed by atoms with Crippen LogP contribution in [0.5, 0.6) is 0 Å². The average molecular weight is 392 g/mol. The summed E-state index contributed by atoms with van der Waals surface area (Å²) < 4.78 is 7.55. The van der Waals surface area contributed by atoms with Crippen molar-refractivity contribution in [2.24, 2.45) is 0 Å². The molecule has 0 unspecified atom stereocenters. The Kier molecular flexibility index (Phi) is 6.95. The molecule has 1 N–H and O–H groups in total. The number of hydrogen-bond acceptors (Lipinski definition) is 3. The summed E-state index contributed by atoms with van der Waals surface area (Å²) in [6, 6.07) is 20.2. The second-order valence-corrected chi connectivity index (χ2v) is 6.99. The van der Waals surface area contributed by atoms with Gasteiger partial charge in [-0.25, -0.2) is 4.79 Å². The number of nitrogens with one attached hydrogen (secondary N) is 1. The van der Waals surface area contributed by atoms with Gasteiger partial charge in [0.1, 0.15) is 6.61 Å². The van der Waals surface area contributed by atoms with Crippen molar-refractivity contribution in [1.29, 1.82) is 0 Å². The van der Waals surface area contributed by atoms with Crippen molar-refractivity contribution < 1.29 is 9.53 Å². The molecule has 3 aromatic rings. The van der Waals surface area contributed by atoms with Crippen LogP contribution in [0.1, 0.15) is 30.7 Å². The van der Waals surface area contributed by atoms with Crippen LogP contribution in [0.3, 0.4) is 0 Å². The molecule has 29 heavy (non-hydrogen) atoms. The summed E-state index contributed by atoms with van der Waals surface area (Å²) >= 11 is 0. The maximum Gasteiger partial charge on any atom is 0.412 e. The molecule has 1 heterocycles. The molecule has 5 nitrogen and oxygen atoms in total. The second-order valence-electron chi connectivity index (χ2n) is 6.99. The number of hydrogen-bond donors (Lipinski definition) is 1. The molecule has 0 saturated carbocycles. The lowest BCUT2D eigenvalue weighted by Crippen LogP contribution is -2.22. The van der Waals surface area contributed by atoms with Gasteiger partial charge in [0.25, 0.3) is 0 Å². The Hall–Kier alpha value is -3.21. The van der Waals surface area contributed by atoms with E-state index in [1.54, 1.807) is 0 Å². The maximum atomic E-state index is 12.3. The SMILES string of the molecule is CCN(CC)c1ccc(NC(=O)OCc2cccn2Cc2ccccc2)c(C)c1. The van der Waals surface area contributed by atoms with Crippen LogP contribution in [0, 0.1) is 6.92 Å². The van der Waals surface area contributed by atoms with E-state index in [0.29, 0.717) is 0 Å². The van der Waals surface area contributed by atoms with Crippen molar-refractivity contribution in [3.05, 3.63) is 83.7 Å². The fraction of sp³-hybridized carbons (Fsp3) is 0.292. The van der Waals surface area contributed by atoms with E-state index in [0.717, 1.165) is 42.3 Å². The van der Waals surface area contributed by atoms with Gasteiger partial charge < -0.3 is 14.2 Å². The molecule has 1 amide bonds. The number of aryl methyl sites for hydroxylation is 1. The Balaban J connectivity index is 1.58. The van der Waals surface area contributed by atoms with Crippen LogP contribution < -0.4 is 10.2 Å². The molecule has 0 bridgehead atoms. The van der Waals surface area contributed by atoms with E-state index >= 15 is 0 Å². The van der Waals surface area contributed by atoms with E-state index in [-0.39, 0.29) is 6.61 Å². The molecule has 152 valence electrons. The van der Waals surface area contributed by atoms with Crippen LogP contribution in [-0.4, -0.2) is 23.7 Å². The second kappa shape index (κ2) is 9.82. The Morgan fingerprint density at radius 1 is 1.03 bits per heavy atom. The van der Waals surface area contributed by atoms with Crippen molar-refractivity contribution in [3.8, 4) is 0 Å². The molecule has 0 atom stereocenters. The Morgan fingerprint density at radius 3 is 2.48 bits per heavy atom. The van der Waals surface area contributed by atoms with Crippen LogP contribution in [0.4, 0.5) is 16.2 Å². The third-order valence-electron chi connectivity index (χ3n) is 5.05. The molecule has 2 aromatic carbocycles. The smallest absolute Gasteiger partial charge is 0.412 e. The maximum absolute atomic E-state index is 12.3. The Labute approximate surface area is 172 Å². The van der Waals surface area contributed by atoms with E-state index in [2.05, 4.69) is 46.8 Å². The zero-order valence-electron chi connectivity index (χ0n) is 17.4. The predicted molar refractivity (Wildman–Crippen MR) is 119 cm³/mol. The first kappa shape index (κ1) is 20.5. The zero-order valence-corrected chi connectivity index (χ0v) is 17.4. The number of nitrogens with zero attached hydrogens (tertiary/aromatic N) is 2. The van der Waals surface area contributed by atoms with Gasteiger partial charge in [-0.15, -0.1) is 0 Å². The molecular weight excluding hydrogens is 362 g/mol. The van der Waals surface area contributed by atoms with Gasteiger partial charge in [-0.3, -0.25) is 5.32 Å². The third kappa shape index (κ3) is 5.41. The predicted octanol–water partition coefficient (Wildman–Crippen LogP) is 5.44. The van der Waals surface area contributed by atoms with Crippen molar-refractivity contribution in [3.63, 3.8) is 0 Å². The molecule has 0 aliphatic heterocycles. The summed E-state index contributed by atoms with van der Waals surface area (Å²) in [7, 11) is 0. The van der Waals surface area contributed by atoms with Crippen molar-refractivity contribution >= 4 is 17.5 Å².